The number of hydrogen-bond donors (Lipinski definition) is 3. The van der Waals surface area contributed by atoms with Crippen molar-refractivity contribution in [1.82, 2.24) is 9.88 Å². The van der Waals surface area contributed by atoms with E-state index in [1.54, 1.807) is 19.1 Å². The molecule has 8 nitrogen and oxygen atoms in total. The fourth-order valence-electron chi connectivity index (χ4n) is 7.70. The smallest absolute Gasteiger partial charge is 0.335 e. The number of benzene rings is 3. The molecule has 4 N–H and O–H groups in total. The molecule has 0 spiro atoms. The van der Waals surface area contributed by atoms with Crippen LogP contribution in [0, 0.1) is 0 Å². The Kier molecular flexibility index (Phi) is 7.28. The number of amides is 1. The lowest BCUT2D eigenvalue weighted by atomic mass is 9.67. The number of carbonyl (C=O) groups excluding carboxylic acids is 2. The van der Waals surface area contributed by atoms with E-state index in [4.69, 9.17) is 10.5 Å². The Morgan fingerprint density at radius 2 is 1.67 bits per heavy atom. The number of carboxylic acids is 1. The van der Waals surface area contributed by atoms with Crippen LogP contribution in [-0.2, 0) is 16.9 Å². The second-order valence-corrected chi connectivity index (χ2v) is 13.1. The van der Waals surface area contributed by atoms with E-state index < -0.39 is 17.0 Å². The van der Waals surface area contributed by atoms with E-state index in [2.05, 4.69) is 28.1 Å². The van der Waals surface area contributed by atoms with Gasteiger partial charge >= 0.3 is 5.97 Å². The first-order valence-corrected chi connectivity index (χ1v) is 16.1. The van der Waals surface area contributed by atoms with Gasteiger partial charge in [0.25, 0.3) is 5.91 Å². The van der Waals surface area contributed by atoms with Crippen molar-refractivity contribution in [2.75, 3.05) is 6.61 Å². The number of aromatic nitrogens is 1. The Morgan fingerprint density at radius 1 is 0.956 bits per heavy atom. The summed E-state index contributed by atoms with van der Waals surface area (Å²) >= 11 is 0. The third-order valence-corrected chi connectivity index (χ3v) is 10.3. The number of carboxylic acid groups (broad SMARTS) is 1. The summed E-state index contributed by atoms with van der Waals surface area (Å²) in [7, 11) is 0. The number of carbonyl (C=O) groups is 3. The van der Waals surface area contributed by atoms with Gasteiger partial charge in [0.2, 0.25) is 0 Å². The number of Topliss-reactive ketones (excluding diaryl/α,β-unsaturated/α-hetero) is 1. The van der Waals surface area contributed by atoms with Gasteiger partial charge in [-0.25, -0.2) is 4.79 Å². The summed E-state index contributed by atoms with van der Waals surface area (Å²) in [6.45, 7) is 2.84. The quantitative estimate of drug-likeness (QED) is 0.220. The molecule has 45 heavy (non-hydrogen) atoms. The third kappa shape index (κ3) is 4.92. The summed E-state index contributed by atoms with van der Waals surface area (Å²) < 4.78 is 8.50. The van der Waals surface area contributed by atoms with Crippen LogP contribution in [-0.4, -0.2) is 39.5 Å². The summed E-state index contributed by atoms with van der Waals surface area (Å²) in [6, 6.07) is 20.2. The van der Waals surface area contributed by atoms with Crippen LogP contribution in [0.25, 0.3) is 22.2 Å². The van der Waals surface area contributed by atoms with Crippen molar-refractivity contribution in [2.45, 2.75) is 81.8 Å². The zero-order chi connectivity index (χ0) is 31.3. The summed E-state index contributed by atoms with van der Waals surface area (Å²) in [5.41, 5.74) is 9.92. The lowest BCUT2D eigenvalue weighted by molar-refractivity contribution is -0.133. The zero-order valence-electron chi connectivity index (χ0n) is 25.6. The third-order valence-electron chi connectivity index (χ3n) is 10.3. The maximum Gasteiger partial charge on any atom is 0.335 e. The number of ether oxygens (including phenoxy) is 1. The summed E-state index contributed by atoms with van der Waals surface area (Å²) in [6.07, 6.45) is 7.81. The minimum atomic E-state index is -1.41. The molecule has 7 rings (SSSR count). The number of nitrogens with one attached hydrogen (secondary N) is 1. The SMILES string of the molecule is CC(N)(C(=O)C1(NC(=O)c2ccc3c(C4CCCCC4)c4n(c3c2)CCOc2ccccc2-4)CCC1)c1ccc(C(=O)O)cc1. The first-order chi connectivity index (χ1) is 21.7. The highest BCUT2D eigenvalue weighted by molar-refractivity contribution is 6.06. The molecule has 1 aliphatic heterocycles. The number of hydrogen-bond acceptors (Lipinski definition) is 5. The maximum atomic E-state index is 14.0. The van der Waals surface area contributed by atoms with E-state index in [1.807, 2.05) is 24.3 Å². The highest BCUT2D eigenvalue weighted by Crippen LogP contribution is 2.47. The van der Waals surface area contributed by atoms with Gasteiger partial charge in [-0.1, -0.05) is 49.6 Å². The van der Waals surface area contributed by atoms with E-state index in [0.717, 1.165) is 36.1 Å². The Bertz CT molecular complexity index is 1810. The standard InChI is InChI=1S/C37H39N3O5/c1-36(38,26-15-12-24(13-16-26)34(42)43)35(44)37(18-7-19-37)39-33(41)25-14-17-27-29(22-25)40-20-21-45-30-11-6-5-10-28(30)32(40)31(27)23-8-3-2-4-9-23/h5-6,10-17,22-23H,2-4,7-9,18-21,38H2,1H3,(H,39,41)(H,42,43). The predicted octanol–water partition coefficient (Wildman–Crippen LogP) is 6.54. The Morgan fingerprint density at radius 3 is 2.36 bits per heavy atom. The molecule has 1 atom stereocenters. The van der Waals surface area contributed by atoms with Crippen LogP contribution in [0.3, 0.4) is 0 Å². The second-order valence-electron chi connectivity index (χ2n) is 13.1. The Balaban J connectivity index is 1.24. The minimum Gasteiger partial charge on any atom is -0.491 e. The van der Waals surface area contributed by atoms with Crippen molar-refractivity contribution in [3.8, 4) is 17.0 Å². The molecule has 0 radical (unpaired) electrons. The molecular formula is C37H39N3O5. The predicted molar refractivity (Wildman–Crippen MR) is 173 cm³/mol. The molecule has 2 aliphatic carbocycles. The average molecular weight is 606 g/mol. The van der Waals surface area contributed by atoms with Crippen LogP contribution in [0.2, 0.25) is 0 Å². The van der Waals surface area contributed by atoms with Crippen LogP contribution < -0.4 is 15.8 Å². The van der Waals surface area contributed by atoms with Gasteiger partial charge in [-0.05, 0) is 92.5 Å². The number of ketones is 1. The molecule has 2 saturated carbocycles. The number of para-hydroxylation sites is 1. The minimum absolute atomic E-state index is 0.119. The molecule has 4 aromatic rings. The van der Waals surface area contributed by atoms with Gasteiger partial charge < -0.3 is 25.5 Å². The molecule has 1 amide bonds. The fourth-order valence-corrected chi connectivity index (χ4v) is 7.70. The molecule has 0 bridgehead atoms. The number of nitrogens with zero attached hydrogens (tertiary/aromatic N) is 1. The van der Waals surface area contributed by atoms with Crippen molar-refractivity contribution < 1.29 is 24.2 Å². The summed E-state index contributed by atoms with van der Waals surface area (Å²) in [5, 5.41) is 13.6. The summed E-state index contributed by atoms with van der Waals surface area (Å²) in [4.78, 5) is 39.3. The number of nitrogens with two attached hydrogens (primary N) is 1. The monoisotopic (exact) mass is 605 g/mol. The normalized spacial score (nSPS) is 18.8. The molecule has 8 heteroatoms. The van der Waals surface area contributed by atoms with Gasteiger partial charge in [0.1, 0.15) is 23.4 Å². The zero-order valence-corrected chi connectivity index (χ0v) is 25.6. The van der Waals surface area contributed by atoms with Crippen LogP contribution in [0.15, 0.2) is 66.7 Å². The van der Waals surface area contributed by atoms with Crippen molar-refractivity contribution in [2.24, 2.45) is 5.73 Å². The molecule has 2 heterocycles. The fraction of sp³-hybridized carbons (Fsp3) is 0.378. The first-order valence-electron chi connectivity index (χ1n) is 16.1. The molecular weight excluding hydrogens is 566 g/mol. The average Bonchev–Trinajstić information content (AvgIpc) is 3.23. The molecule has 1 aromatic heterocycles. The van der Waals surface area contributed by atoms with E-state index in [1.165, 1.54) is 48.0 Å². The second kappa shape index (κ2) is 11.2. The first kappa shape index (κ1) is 29.3. The van der Waals surface area contributed by atoms with Gasteiger partial charge in [0, 0.05) is 22.0 Å². The van der Waals surface area contributed by atoms with Crippen molar-refractivity contribution in [3.05, 3.63) is 89.0 Å². The van der Waals surface area contributed by atoms with Crippen LogP contribution >= 0.6 is 0 Å². The maximum absolute atomic E-state index is 14.0. The van der Waals surface area contributed by atoms with E-state index >= 15 is 0 Å². The molecule has 232 valence electrons. The van der Waals surface area contributed by atoms with Crippen LogP contribution in [0.4, 0.5) is 0 Å². The lowest BCUT2D eigenvalue weighted by Gasteiger charge is -2.45. The van der Waals surface area contributed by atoms with Gasteiger partial charge in [-0.15, -0.1) is 0 Å². The molecule has 3 aliphatic rings. The number of rotatable bonds is 7. The van der Waals surface area contributed by atoms with E-state index in [9.17, 15) is 19.5 Å². The highest BCUT2D eigenvalue weighted by Gasteiger charge is 2.51. The summed E-state index contributed by atoms with van der Waals surface area (Å²) in [5.74, 6) is -0.285. The van der Waals surface area contributed by atoms with Gasteiger partial charge in [-0.2, -0.15) is 0 Å². The van der Waals surface area contributed by atoms with Crippen molar-refractivity contribution in [1.29, 1.82) is 0 Å². The Labute approximate surface area is 262 Å². The van der Waals surface area contributed by atoms with Crippen LogP contribution in [0.5, 0.6) is 5.75 Å². The van der Waals surface area contributed by atoms with E-state index in [0.29, 0.717) is 43.0 Å². The van der Waals surface area contributed by atoms with Crippen molar-refractivity contribution >= 4 is 28.6 Å². The van der Waals surface area contributed by atoms with Gasteiger partial charge in [0.05, 0.1) is 17.8 Å². The lowest BCUT2D eigenvalue weighted by Crippen LogP contribution is -2.65. The highest BCUT2D eigenvalue weighted by atomic mass is 16.5. The molecule has 3 aromatic carbocycles. The molecule has 1 unspecified atom stereocenters. The number of fused-ring (bicyclic) bond motifs is 5. The molecule has 0 saturated heterocycles. The van der Waals surface area contributed by atoms with Gasteiger partial charge in [-0.3, -0.25) is 9.59 Å². The van der Waals surface area contributed by atoms with Gasteiger partial charge in [0.15, 0.2) is 5.78 Å². The molecule has 2 fully saturated rings. The van der Waals surface area contributed by atoms with Crippen LogP contribution in [0.1, 0.15) is 96.1 Å². The number of aromatic carboxylic acids is 1. The largest absolute Gasteiger partial charge is 0.491 e. The Hall–Kier alpha value is -4.43. The topological polar surface area (TPSA) is 124 Å². The van der Waals surface area contributed by atoms with Crippen molar-refractivity contribution in [3.63, 3.8) is 0 Å². The van der Waals surface area contributed by atoms with E-state index in [-0.39, 0.29) is 17.3 Å².